The van der Waals surface area contributed by atoms with Crippen LogP contribution in [-0.2, 0) is 14.8 Å². The van der Waals surface area contributed by atoms with Gasteiger partial charge in [-0.05, 0) is 35.9 Å². The molecule has 5 aromatic rings. The van der Waals surface area contributed by atoms with Gasteiger partial charge in [-0.2, -0.15) is 5.10 Å². The Morgan fingerprint density at radius 1 is 1.13 bits per heavy atom. The van der Waals surface area contributed by atoms with Crippen LogP contribution in [0, 0.1) is 0 Å². The molecule has 3 aromatic heterocycles. The molecular weight excluding hydrogens is 530 g/mol. The number of carbonyl (C=O) groups is 1. The van der Waals surface area contributed by atoms with E-state index < -0.39 is 15.9 Å². The molecule has 12 nitrogen and oxygen atoms in total. The number of hydrogen-bond acceptors (Lipinski definition) is 10. The van der Waals surface area contributed by atoms with Crippen LogP contribution in [0.3, 0.4) is 0 Å². The molecule has 194 valence electrons. The standard InChI is InChI=1S/C24H21N7O5S2/c32-11-10-25-24-22-19(27-23(28-24)16-2-1-3-18-17(16)13-26-29-18)12-21(37-22)31-38(35,36)15-7-4-14(5-8-15)6-9-20(33)30-34/h1-9,12-13,31-32,34H,10-11H2,(H,26,29)(H,30,33)(H,25,27,28)/b9-6+. The molecule has 0 saturated carbocycles. The predicted molar refractivity (Wildman–Crippen MR) is 144 cm³/mol. The molecule has 0 saturated heterocycles. The number of fused-ring (bicyclic) bond motifs is 2. The first-order valence-electron chi connectivity index (χ1n) is 11.2. The number of hydrogen-bond donors (Lipinski definition) is 6. The van der Waals surface area contributed by atoms with Crippen LogP contribution in [0.5, 0.6) is 0 Å². The molecule has 38 heavy (non-hydrogen) atoms. The Morgan fingerprint density at radius 3 is 2.71 bits per heavy atom. The van der Waals surface area contributed by atoms with Gasteiger partial charge < -0.3 is 10.4 Å². The van der Waals surface area contributed by atoms with Crippen LogP contribution in [0.2, 0.25) is 0 Å². The quantitative estimate of drug-likeness (QED) is 0.0911. The number of nitrogens with one attached hydrogen (secondary N) is 4. The number of anilines is 2. The fourth-order valence-electron chi connectivity index (χ4n) is 3.72. The molecule has 14 heteroatoms. The molecule has 0 spiro atoms. The van der Waals surface area contributed by atoms with Gasteiger partial charge in [0.2, 0.25) is 0 Å². The monoisotopic (exact) mass is 551 g/mol. The Kier molecular flexibility index (Phi) is 7.02. The summed E-state index contributed by atoms with van der Waals surface area (Å²) < 4.78 is 29.3. The van der Waals surface area contributed by atoms with Crippen molar-refractivity contribution in [3.8, 4) is 11.4 Å². The molecule has 5 rings (SSSR count). The highest BCUT2D eigenvalue weighted by Gasteiger charge is 2.19. The maximum Gasteiger partial charge on any atom is 0.267 e. The zero-order valence-corrected chi connectivity index (χ0v) is 21.2. The summed E-state index contributed by atoms with van der Waals surface area (Å²) in [5.74, 6) is 0.197. The summed E-state index contributed by atoms with van der Waals surface area (Å²) in [7, 11) is -3.93. The highest BCUT2D eigenvalue weighted by Crippen LogP contribution is 2.37. The van der Waals surface area contributed by atoms with E-state index in [1.165, 1.54) is 35.8 Å². The molecule has 0 fully saturated rings. The molecule has 6 N–H and O–H groups in total. The topological polar surface area (TPSA) is 182 Å². The lowest BCUT2D eigenvalue weighted by Gasteiger charge is -2.08. The number of aromatic amines is 1. The third kappa shape index (κ3) is 5.19. The number of aliphatic hydroxyl groups excluding tert-OH is 1. The number of carbonyl (C=O) groups excluding carboxylic acids is 1. The minimum Gasteiger partial charge on any atom is -0.395 e. The summed E-state index contributed by atoms with van der Waals surface area (Å²) >= 11 is 1.16. The first-order chi connectivity index (χ1) is 18.4. The van der Waals surface area contributed by atoms with Crippen molar-refractivity contribution in [1.82, 2.24) is 25.6 Å². The maximum absolute atomic E-state index is 13.0. The van der Waals surface area contributed by atoms with Gasteiger partial charge in [0.15, 0.2) is 5.82 Å². The summed E-state index contributed by atoms with van der Waals surface area (Å²) in [6.45, 7) is 0.139. The Bertz CT molecular complexity index is 1760. The van der Waals surface area contributed by atoms with Crippen molar-refractivity contribution in [2.75, 3.05) is 23.2 Å². The van der Waals surface area contributed by atoms with Gasteiger partial charge in [0.25, 0.3) is 15.9 Å². The molecule has 0 aliphatic carbocycles. The Hall–Kier alpha value is -4.37. The van der Waals surface area contributed by atoms with Crippen molar-refractivity contribution in [1.29, 1.82) is 0 Å². The third-order valence-electron chi connectivity index (χ3n) is 5.46. The molecule has 0 unspecified atom stereocenters. The van der Waals surface area contributed by atoms with Crippen LogP contribution >= 0.6 is 11.3 Å². The molecule has 2 aromatic carbocycles. The average molecular weight is 552 g/mol. The number of nitrogens with zero attached hydrogens (tertiary/aromatic N) is 3. The highest BCUT2D eigenvalue weighted by atomic mass is 32.2. The van der Waals surface area contributed by atoms with Crippen molar-refractivity contribution in [3.63, 3.8) is 0 Å². The molecule has 0 bridgehead atoms. The van der Waals surface area contributed by atoms with Crippen molar-refractivity contribution in [2.45, 2.75) is 4.90 Å². The van der Waals surface area contributed by atoms with Crippen molar-refractivity contribution in [2.24, 2.45) is 0 Å². The van der Waals surface area contributed by atoms with E-state index in [1.807, 2.05) is 18.2 Å². The molecule has 0 radical (unpaired) electrons. The zero-order valence-electron chi connectivity index (χ0n) is 19.5. The van der Waals surface area contributed by atoms with E-state index in [0.717, 1.165) is 33.9 Å². The van der Waals surface area contributed by atoms with Crippen LogP contribution in [0.15, 0.2) is 65.7 Å². The molecule has 3 heterocycles. The lowest BCUT2D eigenvalue weighted by atomic mass is 10.1. The first kappa shape index (κ1) is 25.3. The Balaban J connectivity index is 1.48. The number of amides is 1. The van der Waals surface area contributed by atoms with Gasteiger partial charge in [0.05, 0.1) is 33.4 Å². The number of aliphatic hydroxyl groups is 1. The van der Waals surface area contributed by atoms with Crippen LogP contribution in [0.4, 0.5) is 10.8 Å². The number of thiophene rings is 1. The molecule has 1 amide bonds. The van der Waals surface area contributed by atoms with Crippen molar-refractivity contribution in [3.05, 3.63) is 66.4 Å². The van der Waals surface area contributed by atoms with Gasteiger partial charge in [0.1, 0.15) is 10.8 Å². The summed E-state index contributed by atoms with van der Waals surface area (Å²) in [5, 5.41) is 29.2. The molecule has 0 aliphatic heterocycles. The summed E-state index contributed by atoms with van der Waals surface area (Å²) in [6, 6.07) is 13.1. The highest BCUT2D eigenvalue weighted by molar-refractivity contribution is 7.93. The first-order valence-corrected chi connectivity index (χ1v) is 13.5. The van der Waals surface area contributed by atoms with Gasteiger partial charge >= 0.3 is 0 Å². The fraction of sp³-hybridized carbons (Fsp3) is 0.0833. The lowest BCUT2D eigenvalue weighted by molar-refractivity contribution is -0.124. The Labute approximate surface area is 220 Å². The summed E-state index contributed by atoms with van der Waals surface area (Å²) in [6.07, 6.45) is 4.24. The summed E-state index contributed by atoms with van der Waals surface area (Å²) in [5.41, 5.74) is 4.17. The summed E-state index contributed by atoms with van der Waals surface area (Å²) in [4.78, 5) is 20.5. The lowest BCUT2D eigenvalue weighted by Crippen LogP contribution is -2.14. The SMILES string of the molecule is O=C(/C=C/c1ccc(S(=O)(=O)Nc2cc3nc(-c4cccc5[nH]ncc45)nc(NCCO)c3s2)cc1)NO. The van der Waals surface area contributed by atoms with E-state index >= 15 is 0 Å². The average Bonchev–Trinajstić information content (AvgIpc) is 3.56. The second-order valence-electron chi connectivity index (χ2n) is 7.99. The van der Waals surface area contributed by atoms with Crippen LogP contribution in [-0.4, -0.2) is 58.0 Å². The maximum atomic E-state index is 13.0. The second kappa shape index (κ2) is 10.5. The van der Waals surface area contributed by atoms with Crippen LogP contribution < -0.4 is 15.5 Å². The van der Waals surface area contributed by atoms with Gasteiger partial charge in [-0.1, -0.05) is 24.3 Å². The number of H-pyrrole nitrogens is 1. The predicted octanol–water partition coefficient (Wildman–Crippen LogP) is 2.96. The van der Waals surface area contributed by atoms with Gasteiger partial charge in [0, 0.05) is 23.6 Å². The van der Waals surface area contributed by atoms with Gasteiger partial charge in [-0.3, -0.25) is 19.8 Å². The van der Waals surface area contributed by atoms with E-state index in [-0.39, 0.29) is 18.0 Å². The van der Waals surface area contributed by atoms with E-state index in [1.54, 1.807) is 12.3 Å². The Morgan fingerprint density at radius 2 is 1.95 bits per heavy atom. The van der Waals surface area contributed by atoms with Crippen molar-refractivity contribution < 1.29 is 23.5 Å². The number of rotatable bonds is 9. The van der Waals surface area contributed by atoms with Crippen LogP contribution in [0.1, 0.15) is 5.56 Å². The fourth-order valence-corrected chi connectivity index (χ4v) is 5.96. The molecule has 0 aliphatic rings. The van der Waals surface area contributed by atoms with Crippen molar-refractivity contribution >= 4 is 65.3 Å². The van der Waals surface area contributed by atoms with Crippen LogP contribution in [0.25, 0.3) is 38.6 Å². The number of sulfonamides is 1. The largest absolute Gasteiger partial charge is 0.395 e. The minimum atomic E-state index is -3.93. The minimum absolute atomic E-state index is 0.0238. The smallest absolute Gasteiger partial charge is 0.267 e. The zero-order chi connectivity index (χ0) is 26.7. The van der Waals surface area contributed by atoms with Gasteiger partial charge in [-0.15, -0.1) is 11.3 Å². The van der Waals surface area contributed by atoms with Gasteiger partial charge in [-0.25, -0.2) is 23.9 Å². The number of aromatic nitrogens is 4. The molecule has 0 atom stereocenters. The normalized spacial score (nSPS) is 11.8. The van der Waals surface area contributed by atoms with E-state index in [2.05, 4.69) is 30.2 Å². The van der Waals surface area contributed by atoms with E-state index in [4.69, 9.17) is 5.21 Å². The van der Waals surface area contributed by atoms with E-state index in [0.29, 0.717) is 32.4 Å². The number of benzene rings is 2. The van der Waals surface area contributed by atoms with E-state index in [9.17, 15) is 18.3 Å². The second-order valence-corrected chi connectivity index (χ2v) is 10.7. The molecular formula is C24H21N7O5S2. The third-order valence-corrected chi connectivity index (χ3v) is 8.02. The number of hydroxylamine groups is 1.